The van der Waals surface area contributed by atoms with Crippen LogP contribution >= 0.6 is 22.6 Å². The minimum Gasteiger partial charge on any atom is -0.481 e. The maximum absolute atomic E-state index is 12.1. The lowest BCUT2D eigenvalue weighted by molar-refractivity contribution is 0.0522. The van der Waals surface area contributed by atoms with Crippen molar-refractivity contribution in [1.29, 1.82) is 0 Å². The lowest BCUT2D eigenvalue weighted by atomic mass is 10.2. The largest absolute Gasteiger partial charge is 0.481 e. The Morgan fingerprint density at radius 2 is 2.05 bits per heavy atom. The number of rotatable bonds is 1. The zero-order valence-corrected chi connectivity index (χ0v) is 13.3. The predicted molar refractivity (Wildman–Crippen MR) is 78.4 cm³/mol. The number of carbonyl (C=O) groups is 1. The monoisotopic (exact) mass is 375 g/mol. The molecule has 0 aliphatic rings. The van der Waals surface area contributed by atoms with E-state index in [0.717, 1.165) is 0 Å². The number of fused-ring (bicyclic) bond motifs is 1. The Labute approximate surface area is 124 Å². The number of aromatic nitrogens is 3. The highest BCUT2D eigenvalue weighted by atomic mass is 127. The standard InChI is InChI=1S/C12H14IN3O3/c1-12(2,3)19-11(17)16-7-5-6-8(18-4)14-9(7)10(13)15-16/h5-6H,1-4H3. The molecule has 2 aromatic rings. The molecule has 2 heterocycles. The topological polar surface area (TPSA) is 66.2 Å². The van der Waals surface area contributed by atoms with Gasteiger partial charge in [-0.2, -0.15) is 9.78 Å². The van der Waals surface area contributed by atoms with E-state index in [1.54, 1.807) is 19.2 Å². The van der Waals surface area contributed by atoms with Crippen LogP contribution in [-0.2, 0) is 4.74 Å². The smallest absolute Gasteiger partial charge is 0.435 e. The molecule has 0 aliphatic heterocycles. The second kappa shape index (κ2) is 4.95. The molecule has 2 rings (SSSR count). The molecule has 19 heavy (non-hydrogen) atoms. The first-order valence-electron chi connectivity index (χ1n) is 5.64. The van der Waals surface area contributed by atoms with Crippen LogP contribution in [0.5, 0.6) is 5.88 Å². The number of ether oxygens (including phenoxy) is 2. The van der Waals surface area contributed by atoms with Gasteiger partial charge in [-0.15, -0.1) is 0 Å². The van der Waals surface area contributed by atoms with Crippen LogP contribution < -0.4 is 4.74 Å². The van der Waals surface area contributed by atoms with Crippen LogP contribution in [-0.4, -0.2) is 33.6 Å². The summed E-state index contributed by atoms with van der Waals surface area (Å²) >= 11 is 2.02. The number of halogens is 1. The van der Waals surface area contributed by atoms with E-state index in [4.69, 9.17) is 9.47 Å². The molecule has 0 unspecified atom stereocenters. The molecule has 0 aromatic carbocycles. The molecule has 102 valence electrons. The SMILES string of the molecule is COc1ccc2c(n1)c(I)nn2C(=O)OC(C)(C)C. The van der Waals surface area contributed by atoms with Crippen LogP contribution in [0.25, 0.3) is 11.0 Å². The second-order valence-electron chi connectivity index (χ2n) is 4.90. The van der Waals surface area contributed by atoms with Crippen molar-refractivity contribution in [3.63, 3.8) is 0 Å². The minimum atomic E-state index is -0.569. The number of pyridine rings is 1. The first kappa shape index (κ1) is 14.0. The molecule has 0 aliphatic carbocycles. The van der Waals surface area contributed by atoms with Gasteiger partial charge in [-0.05, 0) is 49.4 Å². The minimum absolute atomic E-state index is 0.481. The second-order valence-corrected chi connectivity index (χ2v) is 5.93. The van der Waals surface area contributed by atoms with Crippen LogP contribution in [0.1, 0.15) is 20.8 Å². The van der Waals surface area contributed by atoms with Crippen molar-refractivity contribution in [3.05, 3.63) is 15.8 Å². The van der Waals surface area contributed by atoms with Crippen molar-refractivity contribution >= 4 is 39.7 Å². The predicted octanol–water partition coefficient (Wildman–Crippen LogP) is 2.83. The average Bonchev–Trinajstić information content (AvgIpc) is 2.64. The fourth-order valence-corrected chi connectivity index (χ4v) is 2.12. The average molecular weight is 375 g/mol. The molecule has 0 bridgehead atoms. The summed E-state index contributed by atoms with van der Waals surface area (Å²) in [6.07, 6.45) is -0.521. The Morgan fingerprint density at radius 3 is 2.63 bits per heavy atom. The summed E-state index contributed by atoms with van der Waals surface area (Å²) in [5.74, 6) is 0.481. The maximum atomic E-state index is 12.1. The van der Waals surface area contributed by atoms with Crippen molar-refractivity contribution < 1.29 is 14.3 Å². The number of hydrogen-bond donors (Lipinski definition) is 0. The van der Waals surface area contributed by atoms with Gasteiger partial charge in [-0.1, -0.05) is 0 Å². The summed E-state index contributed by atoms with van der Waals surface area (Å²) < 4.78 is 12.2. The Hall–Kier alpha value is -1.38. The molecule has 0 fully saturated rings. The van der Waals surface area contributed by atoms with Gasteiger partial charge in [0, 0.05) is 6.07 Å². The third kappa shape index (κ3) is 2.96. The van der Waals surface area contributed by atoms with Crippen molar-refractivity contribution in [2.45, 2.75) is 26.4 Å². The van der Waals surface area contributed by atoms with E-state index in [1.807, 2.05) is 43.4 Å². The summed E-state index contributed by atoms with van der Waals surface area (Å²) in [4.78, 5) is 16.3. The first-order chi connectivity index (χ1) is 8.81. The van der Waals surface area contributed by atoms with Crippen LogP contribution in [0.3, 0.4) is 0 Å². The van der Waals surface area contributed by atoms with Gasteiger partial charge in [0.2, 0.25) is 5.88 Å². The summed E-state index contributed by atoms with van der Waals surface area (Å²) in [6.45, 7) is 5.43. The van der Waals surface area contributed by atoms with Gasteiger partial charge in [-0.25, -0.2) is 9.78 Å². The van der Waals surface area contributed by atoms with Gasteiger partial charge in [0.15, 0.2) is 0 Å². The van der Waals surface area contributed by atoms with E-state index in [9.17, 15) is 4.79 Å². The van der Waals surface area contributed by atoms with Crippen molar-refractivity contribution in [2.24, 2.45) is 0 Å². The summed E-state index contributed by atoms with van der Waals surface area (Å²) in [6, 6.07) is 3.42. The van der Waals surface area contributed by atoms with Gasteiger partial charge < -0.3 is 9.47 Å². The highest BCUT2D eigenvalue weighted by Crippen LogP contribution is 2.22. The van der Waals surface area contributed by atoms with Gasteiger partial charge >= 0.3 is 6.09 Å². The zero-order chi connectivity index (χ0) is 14.2. The molecule has 0 spiro atoms. The highest BCUT2D eigenvalue weighted by Gasteiger charge is 2.22. The van der Waals surface area contributed by atoms with Gasteiger partial charge in [0.1, 0.15) is 20.3 Å². The van der Waals surface area contributed by atoms with Crippen LogP contribution in [0.2, 0.25) is 0 Å². The Morgan fingerprint density at radius 1 is 1.37 bits per heavy atom. The van der Waals surface area contributed by atoms with Gasteiger partial charge in [0.25, 0.3) is 0 Å². The molecular weight excluding hydrogens is 361 g/mol. The van der Waals surface area contributed by atoms with E-state index >= 15 is 0 Å². The van der Waals surface area contributed by atoms with Crippen LogP contribution in [0.15, 0.2) is 12.1 Å². The van der Waals surface area contributed by atoms with Gasteiger partial charge in [-0.3, -0.25) is 0 Å². The van der Waals surface area contributed by atoms with E-state index < -0.39 is 11.7 Å². The fourth-order valence-electron chi connectivity index (χ4n) is 1.50. The number of nitrogens with zero attached hydrogens (tertiary/aromatic N) is 3. The summed E-state index contributed by atoms with van der Waals surface area (Å²) in [5, 5.41) is 4.16. The van der Waals surface area contributed by atoms with Crippen molar-refractivity contribution in [3.8, 4) is 5.88 Å². The summed E-state index contributed by atoms with van der Waals surface area (Å²) in [5.41, 5.74) is 0.644. The molecule has 0 amide bonds. The van der Waals surface area contributed by atoms with E-state index in [-0.39, 0.29) is 0 Å². The number of carbonyl (C=O) groups excluding carboxylic acids is 1. The van der Waals surface area contributed by atoms with E-state index in [0.29, 0.717) is 20.6 Å². The molecule has 0 saturated heterocycles. The third-order valence-electron chi connectivity index (χ3n) is 2.24. The Balaban J connectivity index is 2.48. The highest BCUT2D eigenvalue weighted by molar-refractivity contribution is 14.1. The summed E-state index contributed by atoms with van der Waals surface area (Å²) in [7, 11) is 1.54. The number of hydrogen-bond acceptors (Lipinski definition) is 5. The van der Waals surface area contributed by atoms with Crippen LogP contribution in [0, 0.1) is 3.70 Å². The van der Waals surface area contributed by atoms with Crippen molar-refractivity contribution in [1.82, 2.24) is 14.8 Å². The lowest BCUT2D eigenvalue weighted by Gasteiger charge is -2.19. The lowest BCUT2D eigenvalue weighted by Crippen LogP contribution is -2.27. The Kier molecular flexibility index (Phi) is 3.66. The van der Waals surface area contributed by atoms with Gasteiger partial charge in [0.05, 0.1) is 7.11 Å². The Bertz CT molecular complexity index is 631. The van der Waals surface area contributed by atoms with Crippen molar-refractivity contribution in [2.75, 3.05) is 7.11 Å². The van der Waals surface area contributed by atoms with E-state index in [2.05, 4.69) is 10.1 Å². The third-order valence-corrected chi connectivity index (χ3v) is 2.96. The zero-order valence-electron chi connectivity index (χ0n) is 11.1. The molecular formula is C12H14IN3O3. The molecule has 0 atom stereocenters. The normalized spacial score (nSPS) is 11.6. The van der Waals surface area contributed by atoms with E-state index in [1.165, 1.54) is 4.68 Å². The molecule has 2 aromatic heterocycles. The quantitative estimate of drug-likeness (QED) is 0.718. The molecule has 0 N–H and O–H groups in total. The fraction of sp³-hybridized carbons (Fsp3) is 0.417. The molecule has 0 saturated carbocycles. The molecule has 7 heteroatoms. The van der Waals surface area contributed by atoms with Crippen LogP contribution in [0.4, 0.5) is 4.79 Å². The number of methoxy groups -OCH3 is 1. The molecule has 0 radical (unpaired) electrons. The first-order valence-corrected chi connectivity index (χ1v) is 6.72. The maximum Gasteiger partial charge on any atom is 0.435 e. The molecule has 6 nitrogen and oxygen atoms in total.